The second-order valence-electron chi connectivity index (χ2n) is 8.04. The van der Waals surface area contributed by atoms with E-state index in [-0.39, 0.29) is 6.04 Å². The van der Waals surface area contributed by atoms with Gasteiger partial charge in [0, 0.05) is 17.6 Å². The maximum absolute atomic E-state index is 13.3. The van der Waals surface area contributed by atoms with Gasteiger partial charge in [-0.3, -0.25) is 4.98 Å². The summed E-state index contributed by atoms with van der Waals surface area (Å²) < 4.78 is 79.9. The van der Waals surface area contributed by atoms with Gasteiger partial charge in [-0.1, -0.05) is 12.1 Å². The minimum absolute atomic E-state index is 0.0824. The quantitative estimate of drug-likeness (QED) is 0.503. The van der Waals surface area contributed by atoms with E-state index >= 15 is 0 Å². The molecule has 0 amide bonds. The molecule has 6 nitrogen and oxygen atoms in total. The molecule has 1 aliphatic rings. The van der Waals surface area contributed by atoms with Crippen LogP contribution in [0, 0.1) is 11.3 Å². The molecule has 4 rings (SSSR count). The average Bonchev–Trinajstić information content (AvgIpc) is 3.04. The molecule has 0 saturated heterocycles. The zero-order valence-electron chi connectivity index (χ0n) is 17.5. The third-order valence-electron chi connectivity index (χ3n) is 5.89. The highest BCUT2D eigenvalue weighted by atomic mass is 32.2. The van der Waals surface area contributed by atoms with Crippen LogP contribution in [0.5, 0.6) is 0 Å². The number of hydrogen-bond acceptors (Lipinski definition) is 4. The minimum atomic E-state index is -4.73. The number of fused-ring (bicyclic) bond motifs is 1. The Hall–Kier alpha value is -2.97. The van der Waals surface area contributed by atoms with E-state index < -0.39 is 33.8 Å². The Morgan fingerprint density at radius 3 is 2.52 bits per heavy atom. The molecule has 0 spiro atoms. The number of rotatable bonds is 6. The van der Waals surface area contributed by atoms with E-state index in [0.717, 1.165) is 31.5 Å². The number of aromatic nitrogens is 2. The molecular weight excluding hydrogens is 460 g/mol. The van der Waals surface area contributed by atoms with Crippen molar-refractivity contribution in [2.45, 2.75) is 56.0 Å². The SMILES string of the molecule is C[C@H](NS(=O)(=O)c1ccc(-c2c(C#N)c3ccc(CF)cc3n2C2CCC2)nc1)C(F)(F)F. The number of alkyl halides is 4. The number of halogens is 4. The molecule has 0 unspecified atom stereocenters. The Morgan fingerprint density at radius 2 is 2.00 bits per heavy atom. The van der Waals surface area contributed by atoms with Gasteiger partial charge in [0.2, 0.25) is 10.0 Å². The fourth-order valence-corrected chi connectivity index (χ4v) is 5.05. The van der Waals surface area contributed by atoms with E-state index in [4.69, 9.17) is 0 Å². The van der Waals surface area contributed by atoms with E-state index in [1.54, 1.807) is 22.9 Å². The van der Waals surface area contributed by atoms with Crippen molar-refractivity contribution in [2.24, 2.45) is 0 Å². The Labute approximate surface area is 187 Å². The lowest BCUT2D eigenvalue weighted by Crippen LogP contribution is -2.42. The number of pyridine rings is 1. The summed E-state index contributed by atoms with van der Waals surface area (Å²) in [6.07, 6.45) is -1.02. The molecule has 2 aromatic heterocycles. The van der Waals surface area contributed by atoms with E-state index in [9.17, 15) is 31.2 Å². The highest BCUT2D eigenvalue weighted by molar-refractivity contribution is 7.89. The van der Waals surface area contributed by atoms with Crippen LogP contribution in [0.15, 0.2) is 41.4 Å². The maximum atomic E-state index is 13.3. The first-order chi connectivity index (χ1) is 15.6. The Bertz CT molecular complexity index is 1340. The number of hydrogen-bond donors (Lipinski definition) is 1. The third kappa shape index (κ3) is 4.20. The van der Waals surface area contributed by atoms with Gasteiger partial charge in [-0.05, 0) is 49.9 Å². The molecular formula is C22H20F4N4O2S. The highest BCUT2D eigenvalue weighted by Crippen LogP contribution is 2.42. The predicted molar refractivity (Wildman–Crippen MR) is 113 cm³/mol. The van der Waals surface area contributed by atoms with Crippen LogP contribution in [0.25, 0.3) is 22.3 Å². The molecule has 1 saturated carbocycles. The molecule has 2 heterocycles. The smallest absolute Gasteiger partial charge is 0.335 e. The fourth-order valence-electron chi connectivity index (χ4n) is 3.88. The summed E-state index contributed by atoms with van der Waals surface area (Å²) >= 11 is 0. The van der Waals surface area contributed by atoms with Crippen LogP contribution in [0.2, 0.25) is 0 Å². The number of sulfonamides is 1. The molecule has 1 aliphatic carbocycles. The first-order valence-corrected chi connectivity index (χ1v) is 11.7. The van der Waals surface area contributed by atoms with Crippen LogP contribution in [0.3, 0.4) is 0 Å². The fraction of sp³-hybridized carbons (Fsp3) is 0.364. The normalized spacial score (nSPS) is 15.9. The molecule has 0 bridgehead atoms. The molecule has 174 valence electrons. The standard InChI is InChI=1S/C22H20F4N4O2S/c1-13(22(24,25)26)29-33(31,32)16-6-8-19(28-12-16)21-18(11-27)17-7-5-14(10-23)9-20(17)30(21)15-3-2-4-15/h5-9,12-13,15,29H,2-4,10H2,1H3/t13-/m0/s1. The molecule has 33 heavy (non-hydrogen) atoms. The highest BCUT2D eigenvalue weighted by Gasteiger charge is 2.39. The van der Waals surface area contributed by atoms with Gasteiger partial charge in [0.1, 0.15) is 23.7 Å². The van der Waals surface area contributed by atoms with Crippen LogP contribution in [0.1, 0.15) is 43.4 Å². The second kappa shape index (κ2) is 8.43. The molecule has 1 aromatic carbocycles. The van der Waals surface area contributed by atoms with Gasteiger partial charge in [-0.2, -0.15) is 23.2 Å². The Kier molecular flexibility index (Phi) is 5.92. The van der Waals surface area contributed by atoms with Gasteiger partial charge >= 0.3 is 6.18 Å². The van der Waals surface area contributed by atoms with Crippen molar-refractivity contribution in [3.05, 3.63) is 47.7 Å². The summed E-state index contributed by atoms with van der Waals surface area (Å²) in [5.74, 6) is 0. The zero-order chi connectivity index (χ0) is 24.0. The summed E-state index contributed by atoms with van der Waals surface area (Å²) in [6, 6.07) is 7.50. The van der Waals surface area contributed by atoms with E-state index in [1.807, 2.05) is 4.57 Å². The Balaban J connectivity index is 1.80. The van der Waals surface area contributed by atoms with Crippen molar-refractivity contribution in [3.63, 3.8) is 0 Å². The van der Waals surface area contributed by atoms with Crippen molar-refractivity contribution in [2.75, 3.05) is 0 Å². The maximum Gasteiger partial charge on any atom is 0.404 e. The molecule has 1 N–H and O–H groups in total. The molecule has 0 radical (unpaired) electrons. The molecule has 1 fully saturated rings. The second-order valence-corrected chi connectivity index (χ2v) is 9.75. The summed E-state index contributed by atoms with van der Waals surface area (Å²) in [5, 5.41) is 10.5. The third-order valence-corrected chi connectivity index (χ3v) is 7.41. The largest absolute Gasteiger partial charge is 0.404 e. The van der Waals surface area contributed by atoms with Crippen LogP contribution >= 0.6 is 0 Å². The molecule has 0 aliphatic heterocycles. The first-order valence-electron chi connectivity index (χ1n) is 10.2. The topological polar surface area (TPSA) is 87.8 Å². The first kappa shape index (κ1) is 23.2. The number of benzene rings is 1. The summed E-state index contributed by atoms with van der Waals surface area (Å²) in [5.41, 5.74) is 2.28. The van der Waals surface area contributed by atoms with Crippen molar-refractivity contribution >= 4 is 20.9 Å². The number of nitrogens with zero attached hydrogens (tertiary/aromatic N) is 3. The van der Waals surface area contributed by atoms with Crippen LogP contribution < -0.4 is 4.72 Å². The monoisotopic (exact) mass is 480 g/mol. The van der Waals surface area contributed by atoms with Gasteiger partial charge < -0.3 is 4.57 Å². The van der Waals surface area contributed by atoms with Gasteiger partial charge in [0.15, 0.2) is 0 Å². The van der Waals surface area contributed by atoms with Crippen LogP contribution in [0.4, 0.5) is 17.6 Å². The lowest BCUT2D eigenvalue weighted by atomic mass is 9.92. The average molecular weight is 480 g/mol. The summed E-state index contributed by atoms with van der Waals surface area (Å²) in [4.78, 5) is 3.76. The van der Waals surface area contributed by atoms with Gasteiger partial charge in [-0.15, -0.1) is 0 Å². The van der Waals surface area contributed by atoms with Crippen molar-refractivity contribution in [1.82, 2.24) is 14.3 Å². The van der Waals surface area contributed by atoms with Crippen LogP contribution in [-0.4, -0.2) is 30.2 Å². The zero-order valence-corrected chi connectivity index (χ0v) is 18.3. The lowest BCUT2D eigenvalue weighted by Gasteiger charge is -2.30. The molecule has 1 atom stereocenters. The van der Waals surface area contributed by atoms with Crippen molar-refractivity contribution in [1.29, 1.82) is 5.26 Å². The van der Waals surface area contributed by atoms with Gasteiger partial charge in [-0.25, -0.2) is 12.8 Å². The van der Waals surface area contributed by atoms with E-state index in [1.165, 1.54) is 6.07 Å². The Morgan fingerprint density at radius 1 is 1.27 bits per heavy atom. The van der Waals surface area contributed by atoms with E-state index in [2.05, 4.69) is 11.1 Å². The summed E-state index contributed by atoms with van der Waals surface area (Å²) in [7, 11) is -4.46. The van der Waals surface area contributed by atoms with Gasteiger partial charge in [0.25, 0.3) is 0 Å². The van der Waals surface area contributed by atoms with Crippen molar-refractivity contribution in [3.8, 4) is 17.5 Å². The van der Waals surface area contributed by atoms with Gasteiger partial charge in [0.05, 0.1) is 22.5 Å². The molecule has 3 aromatic rings. The summed E-state index contributed by atoms with van der Waals surface area (Å²) in [6.45, 7) is 0.0540. The lowest BCUT2D eigenvalue weighted by molar-refractivity contribution is -0.147. The number of nitrogens with one attached hydrogen (secondary N) is 1. The molecule has 11 heteroatoms. The van der Waals surface area contributed by atoms with Crippen LogP contribution in [-0.2, 0) is 16.7 Å². The van der Waals surface area contributed by atoms with E-state index in [0.29, 0.717) is 40.3 Å². The van der Waals surface area contributed by atoms with Crippen molar-refractivity contribution < 1.29 is 26.0 Å². The number of nitriles is 1. The minimum Gasteiger partial charge on any atom is -0.335 e. The predicted octanol–water partition coefficient (Wildman–Crippen LogP) is 5.00.